The molecule has 0 radical (unpaired) electrons. The normalized spacial score (nSPS) is 11.5. The van der Waals surface area contributed by atoms with Gasteiger partial charge in [-0.15, -0.1) is 0 Å². The van der Waals surface area contributed by atoms with Gasteiger partial charge >= 0.3 is 12.0 Å². The van der Waals surface area contributed by atoms with Gasteiger partial charge in [0.05, 0.1) is 6.42 Å². The molecule has 0 aliphatic rings. The van der Waals surface area contributed by atoms with Crippen molar-refractivity contribution in [2.24, 2.45) is 0 Å². The van der Waals surface area contributed by atoms with Crippen LogP contribution in [0.15, 0.2) is 24.3 Å². The SMILES string of the molecule is CC(=O)c1ccc(NC(=O)NC(C)CC(=O)O)cc1. The molecule has 1 rings (SSSR count). The van der Waals surface area contributed by atoms with Gasteiger partial charge in [-0.1, -0.05) is 0 Å². The molecule has 19 heavy (non-hydrogen) atoms. The lowest BCUT2D eigenvalue weighted by atomic mass is 10.1. The van der Waals surface area contributed by atoms with E-state index >= 15 is 0 Å². The molecule has 1 unspecified atom stereocenters. The molecule has 0 aromatic heterocycles. The van der Waals surface area contributed by atoms with E-state index in [0.717, 1.165) is 0 Å². The van der Waals surface area contributed by atoms with E-state index in [1.165, 1.54) is 6.92 Å². The first kappa shape index (κ1) is 14.7. The summed E-state index contributed by atoms with van der Waals surface area (Å²) in [5.41, 5.74) is 1.09. The van der Waals surface area contributed by atoms with Crippen LogP contribution in [0.1, 0.15) is 30.6 Å². The summed E-state index contributed by atoms with van der Waals surface area (Å²) in [6.45, 7) is 3.06. The lowest BCUT2D eigenvalue weighted by Crippen LogP contribution is -2.37. The largest absolute Gasteiger partial charge is 0.481 e. The van der Waals surface area contributed by atoms with Gasteiger partial charge in [0.1, 0.15) is 0 Å². The third-order valence-electron chi connectivity index (χ3n) is 2.41. The van der Waals surface area contributed by atoms with E-state index in [0.29, 0.717) is 11.3 Å². The van der Waals surface area contributed by atoms with Gasteiger partial charge in [-0.3, -0.25) is 9.59 Å². The second-order valence-corrected chi connectivity index (χ2v) is 4.23. The van der Waals surface area contributed by atoms with Crippen LogP contribution in [0.5, 0.6) is 0 Å². The van der Waals surface area contributed by atoms with Crippen LogP contribution in [0.4, 0.5) is 10.5 Å². The average Bonchev–Trinajstić information content (AvgIpc) is 2.27. The van der Waals surface area contributed by atoms with Gasteiger partial charge in [0, 0.05) is 17.3 Å². The maximum atomic E-state index is 11.5. The number of urea groups is 1. The highest BCUT2D eigenvalue weighted by atomic mass is 16.4. The van der Waals surface area contributed by atoms with Gasteiger partial charge in [0.2, 0.25) is 0 Å². The number of nitrogens with one attached hydrogen (secondary N) is 2. The third-order valence-corrected chi connectivity index (χ3v) is 2.41. The lowest BCUT2D eigenvalue weighted by molar-refractivity contribution is -0.137. The molecule has 0 fully saturated rings. The Morgan fingerprint density at radius 1 is 1.21 bits per heavy atom. The molecule has 0 bridgehead atoms. The van der Waals surface area contributed by atoms with E-state index in [9.17, 15) is 14.4 Å². The van der Waals surface area contributed by atoms with Crippen LogP contribution >= 0.6 is 0 Å². The van der Waals surface area contributed by atoms with Crippen molar-refractivity contribution in [1.82, 2.24) is 5.32 Å². The van der Waals surface area contributed by atoms with Crippen LogP contribution in [-0.2, 0) is 4.79 Å². The van der Waals surface area contributed by atoms with Crippen LogP contribution in [0, 0.1) is 0 Å². The first-order valence-electron chi connectivity index (χ1n) is 5.79. The van der Waals surface area contributed by atoms with E-state index in [1.54, 1.807) is 31.2 Å². The predicted molar refractivity (Wildman–Crippen MR) is 70.3 cm³/mol. The number of anilines is 1. The monoisotopic (exact) mass is 264 g/mol. The van der Waals surface area contributed by atoms with Crippen molar-refractivity contribution in [2.75, 3.05) is 5.32 Å². The molecule has 2 amide bonds. The molecule has 6 heteroatoms. The van der Waals surface area contributed by atoms with Crippen LogP contribution < -0.4 is 10.6 Å². The molecule has 6 nitrogen and oxygen atoms in total. The highest BCUT2D eigenvalue weighted by molar-refractivity contribution is 5.95. The molecule has 0 saturated carbocycles. The van der Waals surface area contributed by atoms with Crippen LogP contribution in [0.3, 0.4) is 0 Å². The summed E-state index contributed by atoms with van der Waals surface area (Å²) >= 11 is 0. The van der Waals surface area contributed by atoms with E-state index in [4.69, 9.17) is 5.11 Å². The molecule has 0 heterocycles. The molecule has 1 aromatic carbocycles. The Hall–Kier alpha value is -2.37. The molecule has 1 aromatic rings. The van der Waals surface area contributed by atoms with Gasteiger partial charge in [-0.25, -0.2) is 4.79 Å². The second kappa shape index (κ2) is 6.53. The van der Waals surface area contributed by atoms with Crippen molar-refractivity contribution in [3.05, 3.63) is 29.8 Å². The number of hydrogen-bond donors (Lipinski definition) is 3. The van der Waals surface area contributed by atoms with E-state index in [1.807, 2.05) is 0 Å². The quantitative estimate of drug-likeness (QED) is 0.707. The zero-order valence-corrected chi connectivity index (χ0v) is 10.8. The number of rotatable bonds is 5. The van der Waals surface area contributed by atoms with Gasteiger partial charge in [0.25, 0.3) is 0 Å². The number of aliphatic carboxylic acids is 1. The standard InChI is InChI=1S/C13H16N2O4/c1-8(7-12(17)18)14-13(19)15-11-5-3-10(4-6-11)9(2)16/h3-6,8H,7H2,1-2H3,(H,17,18)(H2,14,15,19). The van der Waals surface area contributed by atoms with Crippen molar-refractivity contribution < 1.29 is 19.5 Å². The van der Waals surface area contributed by atoms with Gasteiger partial charge in [-0.05, 0) is 38.1 Å². The van der Waals surface area contributed by atoms with Crippen LogP contribution in [-0.4, -0.2) is 28.9 Å². The Balaban J connectivity index is 2.52. The first-order valence-corrected chi connectivity index (χ1v) is 5.79. The van der Waals surface area contributed by atoms with Crippen molar-refractivity contribution >= 4 is 23.5 Å². The number of carboxylic acids is 1. The number of carboxylic acid groups (broad SMARTS) is 1. The number of Topliss-reactive ketones (excluding diaryl/α,β-unsaturated/α-hetero) is 1. The van der Waals surface area contributed by atoms with E-state index in [-0.39, 0.29) is 12.2 Å². The maximum absolute atomic E-state index is 11.5. The molecule has 1 atom stereocenters. The Labute approximate surface area is 110 Å². The second-order valence-electron chi connectivity index (χ2n) is 4.23. The van der Waals surface area contributed by atoms with Gasteiger partial charge < -0.3 is 15.7 Å². The van der Waals surface area contributed by atoms with Crippen LogP contribution in [0.2, 0.25) is 0 Å². The number of carbonyl (C=O) groups is 3. The maximum Gasteiger partial charge on any atom is 0.319 e. The summed E-state index contributed by atoms with van der Waals surface area (Å²) < 4.78 is 0. The molecule has 0 aliphatic carbocycles. The summed E-state index contributed by atoms with van der Waals surface area (Å²) in [5, 5.41) is 13.6. The molecular weight excluding hydrogens is 248 g/mol. The zero-order chi connectivity index (χ0) is 14.4. The van der Waals surface area contributed by atoms with Gasteiger partial charge in [-0.2, -0.15) is 0 Å². The minimum absolute atomic E-state index is 0.0499. The Morgan fingerprint density at radius 3 is 2.26 bits per heavy atom. The highest BCUT2D eigenvalue weighted by Crippen LogP contribution is 2.09. The smallest absolute Gasteiger partial charge is 0.319 e. The predicted octanol–water partition coefficient (Wildman–Crippen LogP) is 1.87. The minimum atomic E-state index is -0.974. The van der Waals surface area contributed by atoms with Crippen molar-refractivity contribution in [2.45, 2.75) is 26.3 Å². The first-order chi connectivity index (χ1) is 8.88. The fourth-order valence-electron chi connectivity index (χ4n) is 1.49. The molecular formula is C13H16N2O4. The van der Waals surface area contributed by atoms with Crippen molar-refractivity contribution in [3.8, 4) is 0 Å². The summed E-state index contributed by atoms with van der Waals surface area (Å²) in [6.07, 6.45) is -0.142. The molecule has 0 aliphatic heterocycles. The summed E-state index contributed by atoms with van der Waals surface area (Å²) in [5.74, 6) is -1.02. The number of amides is 2. The molecule has 0 spiro atoms. The van der Waals surface area contributed by atoms with Crippen molar-refractivity contribution in [3.63, 3.8) is 0 Å². The number of ketones is 1. The molecule has 3 N–H and O–H groups in total. The Kier molecular flexibility index (Phi) is 5.05. The number of hydrogen-bond acceptors (Lipinski definition) is 3. The summed E-state index contributed by atoms with van der Waals surface area (Å²) in [6, 6.07) is 5.49. The summed E-state index contributed by atoms with van der Waals surface area (Å²) in [4.78, 5) is 33.1. The lowest BCUT2D eigenvalue weighted by Gasteiger charge is -2.12. The summed E-state index contributed by atoms with van der Waals surface area (Å²) in [7, 11) is 0. The Morgan fingerprint density at radius 2 is 1.79 bits per heavy atom. The number of benzene rings is 1. The van der Waals surface area contributed by atoms with Gasteiger partial charge in [0.15, 0.2) is 5.78 Å². The zero-order valence-electron chi connectivity index (χ0n) is 10.8. The Bertz CT molecular complexity index is 482. The molecule has 0 saturated heterocycles. The van der Waals surface area contributed by atoms with E-state index in [2.05, 4.69) is 10.6 Å². The van der Waals surface area contributed by atoms with E-state index < -0.39 is 18.0 Å². The van der Waals surface area contributed by atoms with Crippen LogP contribution in [0.25, 0.3) is 0 Å². The fourth-order valence-corrected chi connectivity index (χ4v) is 1.49. The fraction of sp³-hybridized carbons (Fsp3) is 0.308. The minimum Gasteiger partial charge on any atom is -0.481 e. The average molecular weight is 264 g/mol. The topological polar surface area (TPSA) is 95.5 Å². The third kappa shape index (κ3) is 5.20. The highest BCUT2D eigenvalue weighted by Gasteiger charge is 2.10. The molecule has 102 valence electrons. The van der Waals surface area contributed by atoms with Crippen molar-refractivity contribution in [1.29, 1.82) is 0 Å². The number of carbonyl (C=O) groups excluding carboxylic acids is 2.